The Labute approximate surface area is 78.5 Å². The van der Waals surface area contributed by atoms with Crippen molar-refractivity contribution in [3.63, 3.8) is 0 Å². The third-order valence-electron chi connectivity index (χ3n) is 1.88. The van der Waals surface area contributed by atoms with E-state index in [1.807, 2.05) is 18.2 Å². The van der Waals surface area contributed by atoms with Gasteiger partial charge in [-0.2, -0.15) is 0 Å². The molecule has 0 aliphatic carbocycles. The van der Waals surface area contributed by atoms with Gasteiger partial charge in [-0.3, -0.25) is 0 Å². The summed E-state index contributed by atoms with van der Waals surface area (Å²) in [5.74, 6) is 1.51. The Hall–Kier alpha value is -1.22. The lowest BCUT2D eigenvalue weighted by Crippen LogP contribution is -2.03. The zero-order chi connectivity index (χ0) is 9.68. The number of methoxy groups -OCH3 is 2. The zero-order valence-electron chi connectivity index (χ0n) is 8.04. The summed E-state index contributed by atoms with van der Waals surface area (Å²) < 4.78 is 10.3. The molecule has 0 unspecified atom stereocenters. The van der Waals surface area contributed by atoms with Gasteiger partial charge in [-0.15, -0.1) is 0 Å². The molecule has 0 aromatic heterocycles. The van der Waals surface area contributed by atoms with Crippen molar-refractivity contribution < 1.29 is 9.47 Å². The first-order valence-electron chi connectivity index (χ1n) is 4.22. The Kier molecular flexibility index (Phi) is 3.58. The van der Waals surface area contributed by atoms with Crippen LogP contribution in [0.2, 0.25) is 0 Å². The molecule has 0 heterocycles. The summed E-state index contributed by atoms with van der Waals surface area (Å²) in [5, 5.41) is 0. The van der Waals surface area contributed by atoms with Crippen LogP contribution >= 0.6 is 0 Å². The molecule has 13 heavy (non-hydrogen) atoms. The average Bonchev–Trinajstić information content (AvgIpc) is 2.18. The minimum Gasteiger partial charge on any atom is -0.493 e. The van der Waals surface area contributed by atoms with E-state index < -0.39 is 0 Å². The summed E-state index contributed by atoms with van der Waals surface area (Å²) in [6.07, 6.45) is 0.861. The first-order valence-corrected chi connectivity index (χ1v) is 4.22. The third kappa shape index (κ3) is 2.36. The second kappa shape index (κ2) is 4.72. The van der Waals surface area contributed by atoms with Crippen molar-refractivity contribution in [2.75, 3.05) is 20.8 Å². The van der Waals surface area contributed by atoms with E-state index in [0.717, 1.165) is 17.9 Å². The highest BCUT2D eigenvalue weighted by Gasteiger charge is 2.03. The molecule has 1 rings (SSSR count). The first-order chi connectivity index (χ1) is 6.31. The summed E-state index contributed by atoms with van der Waals surface area (Å²) in [5.41, 5.74) is 6.62. The summed E-state index contributed by atoms with van der Waals surface area (Å²) in [7, 11) is 3.25. The summed E-state index contributed by atoms with van der Waals surface area (Å²) in [4.78, 5) is 0. The van der Waals surface area contributed by atoms with Crippen LogP contribution in [0.5, 0.6) is 11.5 Å². The molecule has 1 aromatic rings. The van der Waals surface area contributed by atoms with E-state index in [-0.39, 0.29) is 0 Å². The molecular formula is C10H15NO2. The van der Waals surface area contributed by atoms with Crippen LogP contribution in [0.25, 0.3) is 0 Å². The van der Waals surface area contributed by atoms with E-state index in [4.69, 9.17) is 15.2 Å². The zero-order valence-corrected chi connectivity index (χ0v) is 8.04. The molecule has 0 aliphatic heterocycles. The van der Waals surface area contributed by atoms with Crippen molar-refractivity contribution in [1.29, 1.82) is 0 Å². The standard InChI is InChI=1S/C10H15NO2/c1-12-9-4-3-8(5-6-11)7-10(9)13-2/h3-4,7H,5-6,11H2,1-2H3/i6+2. The fourth-order valence-electron chi connectivity index (χ4n) is 1.20. The molecule has 1 aromatic carbocycles. The summed E-state index contributed by atoms with van der Waals surface area (Å²) >= 11 is 0. The molecular weight excluding hydrogens is 168 g/mol. The van der Waals surface area contributed by atoms with E-state index in [9.17, 15) is 0 Å². The van der Waals surface area contributed by atoms with E-state index in [1.54, 1.807) is 14.2 Å². The monoisotopic (exact) mass is 183 g/mol. The van der Waals surface area contributed by atoms with Gasteiger partial charge in [-0.25, -0.2) is 0 Å². The van der Waals surface area contributed by atoms with E-state index in [1.165, 1.54) is 5.56 Å². The van der Waals surface area contributed by atoms with Crippen molar-refractivity contribution in [2.45, 2.75) is 6.42 Å². The van der Waals surface area contributed by atoms with Crippen molar-refractivity contribution in [3.05, 3.63) is 23.8 Å². The van der Waals surface area contributed by atoms with E-state index in [0.29, 0.717) is 6.54 Å². The number of hydrogen-bond donors (Lipinski definition) is 1. The van der Waals surface area contributed by atoms with Crippen LogP contribution in [0.1, 0.15) is 5.56 Å². The molecule has 0 aliphatic rings. The minimum atomic E-state index is 0.648. The lowest BCUT2D eigenvalue weighted by atomic mass is 10.2. The Morgan fingerprint density at radius 3 is 2.46 bits per heavy atom. The third-order valence-corrected chi connectivity index (χ3v) is 1.88. The molecule has 0 saturated carbocycles. The molecule has 0 bridgehead atoms. The van der Waals surface area contributed by atoms with Crippen molar-refractivity contribution in [3.8, 4) is 11.5 Å². The Bertz CT molecular complexity index is 274. The fraction of sp³-hybridized carbons (Fsp3) is 0.400. The van der Waals surface area contributed by atoms with Gasteiger partial charge in [-0.05, 0) is 30.7 Å². The highest BCUT2D eigenvalue weighted by molar-refractivity contribution is 5.42. The molecule has 0 spiro atoms. The SMILES string of the molecule is COc1ccc(C[14CH2]N)cc1OC. The number of ether oxygens (including phenoxy) is 2. The summed E-state index contributed by atoms with van der Waals surface area (Å²) in [6, 6.07) is 5.84. The molecule has 0 atom stereocenters. The quantitative estimate of drug-likeness (QED) is 0.763. The van der Waals surface area contributed by atoms with Crippen LogP contribution in [-0.4, -0.2) is 20.8 Å². The lowest BCUT2D eigenvalue weighted by Gasteiger charge is -2.08. The second-order valence-corrected chi connectivity index (χ2v) is 2.73. The molecule has 0 amide bonds. The Morgan fingerprint density at radius 1 is 1.23 bits per heavy atom. The molecule has 0 saturated heterocycles. The number of hydrogen-bond acceptors (Lipinski definition) is 3. The topological polar surface area (TPSA) is 44.5 Å². The van der Waals surface area contributed by atoms with Gasteiger partial charge in [0.1, 0.15) is 0 Å². The Balaban J connectivity index is 2.91. The molecule has 0 radical (unpaired) electrons. The van der Waals surface area contributed by atoms with Gasteiger partial charge >= 0.3 is 0 Å². The smallest absolute Gasteiger partial charge is 0.160 e. The molecule has 3 nitrogen and oxygen atoms in total. The Morgan fingerprint density at radius 2 is 1.92 bits per heavy atom. The van der Waals surface area contributed by atoms with Gasteiger partial charge in [0.2, 0.25) is 0 Å². The fourth-order valence-corrected chi connectivity index (χ4v) is 1.20. The van der Waals surface area contributed by atoms with Crippen LogP contribution in [0, 0.1) is 0 Å². The van der Waals surface area contributed by atoms with Crippen LogP contribution in [0.15, 0.2) is 18.2 Å². The van der Waals surface area contributed by atoms with Crippen molar-refractivity contribution in [2.24, 2.45) is 5.73 Å². The average molecular weight is 183 g/mol. The van der Waals surface area contributed by atoms with Gasteiger partial charge in [0.05, 0.1) is 14.2 Å². The van der Waals surface area contributed by atoms with E-state index in [2.05, 4.69) is 0 Å². The predicted octanol–water partition coefficient (Wildman–Crippen LogP) is 1.21. The largest absolute Gasteiger partial charge is 0.493 e. The minimum absolute atomic E-state index is 0.648. The molecule has 2 N–H and O–H groups in total. The van der Waals surface area contributed by atoms with Gasteiger partial charge in [0.25, 0.3) is 0 Å². The predicted molar refractivity (Wildman–Crippen MR) is 52.3 cm³/mol. The molecule has 3 heteroatoms. The molecule has 0 fully saturated rings. The van der Waals surface area contributed by atoms with Crippen molar-refractivity contribution >= 4 is 0 Å². The van der Waals surface area contributed by atoms with Crippen LogP contribution in [0.3, 0.4) is 0 Å². The first kappa shape index (κ1) is 9.86. The van der Waals surface area contributed by atoms with Gasteiger partial charge in [-0.1, -0.05) is 6.07 Å². The number of nitrogens with two attached hydrogens (primary N) is 1. The van der Waals surface area contributed by atoms with Crippen molar-refractivity contribution in [1.82, 2.24) is 0 Å². The highest BCUT2D eigenvalue weighted by Crippen LogP contribution is 2.27. The lowest BCUT2D eigenvalue weighted by molar-refractivity contribution is 0.354. The molecule has 72 valence electrons. The normalized spacial score (nSPS) is 9.77. The maximum Gasteiger partial charge on any atom is 0.160 e. The summed E-state index contributed by atoms with van der Waals surface area (Å²) in [6.45, 7) is 0.648. The van der Waals surface area contributed by atoms with E-state index >= 15 is 0 Å². The maximum absolute atomic E-state index is 5.45. The van der Waals surface area contributed by atoms with Crippen LogP contribution in [-0.2, 0) is 6.42 Å². The number of benzene rings is 1. The highest BCUT2D eigenvalue weighted by atomic mass is 16.5. The second-order valence-electron chi connectivity index (χ2n) is 2.73. The maximum atomic E-state index is 5.45. The number of rotatable bonds is 4. The van der Waals surface area contributed by atoms with Gasteiger partial charge in [0.15, 0.2) is 11.5 Å². The van der Waals surface area contributed by atoms with Crippen LogP contribution < -0.4 is 15.2 Å². The van der Waals surface area contributed by atoms with Gasteiger partial charge < -0.3 is 15.2 Å². The van der Waals surface area contributed by atoms with Gasteiger partial charge in [0, 0.05) is 0 Å². The van der Waals surface area contributed by atoms with Crippen LogP contribution in [0.4, 0.5) is 0 Å².